The lowest BCUT2D eigenvalue weighted by molar-refractivity contribution is -0.137. The predicted molar refractivity (Wildman–Crippen MR) is 101 cm³/mol. The number of ether oxygens (including phenoxy) is 1. The summed E-state index contributed by atoms with van der Waals surface area (Å²) in [5.74, 6) is 1.06. The van der Waals surface area contributed by atoms with Crippen molar-refractivity contribution < 1.29 is 9.53 Å². The zero-order valence-electron chi connectivity index (χ0n) is 15.1. The average Bonchev–Trinajstić information content (AvgIpc) is 3.23. The molecule has 4 rings (SSSR count). The molecule has 1 N–H and O–H groups in total. The molecule has 2 saturated heterocycles. The Morgan fingerprint density at radius 1 is 1.16 bits per heavy atom. The van der Waals surface area contributed by atoms with Crippen LogP contribution < -0.4 is 10.1 Å². The molecule has 1 amide bonds. The second kappa shape index (κ2) is 7.52. The van der Waals surface area contributed by atoms with Crippen LogP contribution in [0.2, 0.25) is 0 Å². The number of nitrogens with one attached hydrogen (secondary N) is 1. The van der Waals surface area contributed by atoms with Crippen molar-refractivity contribution in [2.75, 3.05) is 39.3 Å². The topological polar surface area (TPSA) is 44.8 Å². The molecule has 6 heteroatoms. The first-order valence-electron chi connectivity index (χ1n) is 9.12. The number of rotatable bonds is 2. The number of halogens is 1. The van der Waals surface area contributed by atoms with E-state index in [2.05, 4.69) is 36.2 Å². The van der Waals surface area contributed by atoms with Crippen LogP contribution in [0.15, 0.2) is 12.1 Å². The van der Waals surface area contributed by atoms with E-state index in [0.29, 0.717) is 12.5 Å². The maximum Gasteiger partial charge on any atom is 0.264 e. The van der Waals surface area contributed by atoms with E-state index in [1.807, 2.05) is 4.90 Å². The van der Waals surface area contributed by atoms with Gasteiger partial charge in [-0.05, 0) is 43.0 Å². The number of aryl methyl sites for hydroxylation is 2. The molecule has 0 spiro atoms. The highest BCUT2D eigenvalue weighted by Gasteiger charge is 2.37. The summed E-state index contributed by atoms with van der Waals surface area (Å²) >= 11 is 0. The van der Waals surface area contributed by atoms with Gasteiger partial charge in [-0.25, -0.2) is 0 Å². The highest BCUT2D eigenvalue weighted by molar-refractivity contribution is 5.85. The molecule has 0 bridgehead atoms. The van der Waals surface area contributed by atoms with Crippen LogP contribution >= 0.6 is 12.4 Å². The van der Waals surface area contributed by atoms with Gasteiger partial charge in [-0.1, -0.05) is 6.07 Å². The summed E-state index contributed by atoms with van der Waals surface area (Å²) in [4.78, 5) is 17.4. The third-order valence-corrected chi connectivity index (χ3v) is 5.77. The van der Waals surface area contributed by atoms with Crippen molar-refractivity contribution in [2.24, 2.45) is 0 Å². The fourth-order valence-corrected chi connectivity index (χ4v) is 4.14. The van der Waals surface area contributed by atoms with Gasteiger partial charge in [0.1, 0.15) is 5.75 Å². The number of hydrogen-bond acceptors (Lipinski definition) is 4. The Hall–Kier alpha value is -1.30. The van der Waals surface area contributed by atoms with Crippen molar-refractivity contribution >= 4 is 18.3 Å². The van der Waals surface area contributed by atoms with Crippen molar-refractivity contribution in [3.05, 3.63) is 28.8 Å². The first-order valence-corrected chi connectivity index (χ1v) is 9.12. The summed E-state index contributed by atoms with van der Waals surface area (Å²) in [6.07, 6.45) is 1.47. The van der Waals surface area contributed by atoms with E-state index in [9.17, 15) is 4.79 Å². The minimum Gasteiger partial charge on any atom is -0.480 e. The molecule has 5 nitrogen and oxygen atoms in total. The Bertz CT molecular complexity index is 615. The number of hydrogen-bond donors (Lipinski definition) is 1. The Morgan fingerprint density at radius 2 is 1.88 bits per heavy atom. The molecule has 2 fully saturated rings. The molecule has 0 radical (unpaired) electrons. The van der Waals surface area contributed by atoms with Gasteiger partial charge in [0.15, 0.2) is 6.10 Å². The van der Waals surface area contributed by atoms with Crippen LogP contribution in [-0.2, 0) is 11.2 Å². The van der Waals surface area contributed by atoms with E-state index < -0.39 is 0 Å². The second-order valence-corrected chi connectivity index (χ2v) is 7.37. The van der Waals surface area contributed by atoms with Gasteiger partial charge in [0.2, 0.25) is 0 Å². The normalized spacial score (nSPS) is 26.1. The molecule has 1 aromatic rings. The molecule has 0 aliphatic carbocycles. The van der Waals surface area contributed by atoms with Crippen LogP contribution in [0.4, 0.5) is 0 Å². The monoisotopic (exact) mass is 365 g/mol. The molecule has 2 unspecified atom stereocenters. The van der Waals surface area contributed by atoms with E-state index in [4.69, 9.17) is 4.74 Å². The van der Waals surface area contributed by atoms with E-state index in [1.165, 1.54) is 16.7 Å². The maximum absolute atomic E-state index is 12.9. The summed E-state index contributed by atoms with van der Waals surface area (Å²) < 4.78 is 5.98. The largest absolute Gasteiger partial charge is 0.480 e. The van der Waals surface area contributed by atoms with Gasteiger partial charge in [-0.15, -0.1) is 12.4 Å². The van der Waals surface area contributed by atoms with Crippen molar-refractivity contribution in [3.63, 3.8) is 0 Å². The first-order chi connectivity index (χ1) is 11.6. The standard InChI is InChI=1S/C19H27N3O2.ClH/c1-13-9-15-11-18(24-17(15)10-14(13)2)19(23)22-6-3-16(12-22)21-7-4-20-5-8-21;/h9-10,16,18,20H,3-8,11-12H2,1-2H3;1H. The number of likely N-dealkylation sites (tertiary alicyclic amines) is 1. The average molecular weight is 366 g/mol. The number of carbonyl (C=O) groups excluding carboxylic acids is 1. The van der Waals surface area contributed by atoms with E-state index >= 15 is 0 Å². The zero-order valence-corrected chi connectivity index (χ0v) is 15.9. The summed E-state index contributed by atoms with van der Waals surface area (Å²) in [7, 11) is 0. The highest BCUT2D eigenvalue weighted by Crippen LogP contribution is 2.32. The van der Waals surface area contributed by atoms with Crippen molar-refractivity contribution in [1.29, 1.82) is 0 Å². The van der Waals surface area contributed by atoms with E-state index in [-0.39, 0.29) is 24.4 Å². The van der Waals surface area contributed by atoms with Crippen LogP contribution in [0.3, 0.4) is 0 Å². The van der Waals surface area contributed by atoms with Crippen molar-refractivity contribution in [2.45, 2.75) is 38.8 Å². The lowest BCUT2D eigenvalue weighted by Crippen LogP contribution is -2.50. The van der Waals surface area contributed by atoms with E-state index in [1.54, 1.807) is 0 Å². The fourth-order valence-electron chi connectivity index (χ4n) is 4.14. The minimum atomic E-state index is -0.331. The van der Waals surface area contributed by atoms with Gasteiger partial charge in [0, 0.05) is 51.7 Å². The summed E-state index contributed by atoms with van der Waals surface area (Å²) in [5.41, 5.74) is 3.67. The van der Waals surface area contributed by atoms with Gasteiger partial charge < -0.3 is 15.0 Å². The van der Waals surface area contributed by atoms with Crippen molar-refractivity contribution in [1.82, 2.24) is 15.1 Å². The molecule has 0 aromatic heterocycles. The molecule has 1 aromatic carbocycles. The summed E-state index contributed by atoms with van der Waals surface area (Å²) in [5, 5.41) is 3.39. The van der Waals surface area contributed by atoms with Crippen LogP contribution in [0, 0.1) is 13.8 Å². The molecule has 3 aliphatic heterocycles. The molecule has 3 heterocycles. The quantitative estimate of drug-likeness (QED) is 0.863. The van der Waals surface area contributed by atoms with Crippen LogP contribution in [0.1, 0.15) is 23.1 Å². The summed E-state index contributed by atoms with van der Waals surface area (Å²) in [6.45, 7) is 10.2. The molecule has 25 heavy (non-hydrogen) atoms. The Balaban J connectivity index is 0.00000182. The third-order valence-electron chi connectivity index (χ3n) is 5.77. The Morgan fingerprint density at radius 3 is 2.64 bits per heavy atom. The Labute approximate surface area is 156 Å². The molecule has 138 valence electrons. The van der Waals surface area contributed by atoms with Gasteiger partial charge in [-0.3, -0.25) is 9.69 Å². The number of carbonyl (C=O) groups is 1. The molecule has 3 aliphatic rings. The highest BCUT2D eigenvalue weighted by atomic mass is 35.5. The van der Waals surface area contributed by atoms with Crippen LogP contribution in [-0.4, -0.2) is 67.1 Å². The third kappa shape index (κ3) is 3.64. The van der Waals surface area contributed by atoms with Gasteiger partial charge in [0.05, 0.1) is 0 Å². The molecule has 0 saturated carbocycles. The number of piperazine rings is 1. The molecule has 2 atom stereocenters. The lowest BCUT2D eigenvalue weighted by Gasteiger charge is -2.32. The number of fused-ring (bicyclic) bond motifs is 1. The Kier molecular flexibility index (Phi) is 5.56. The number of nitrogens with zero attached hydrogens (tertiary/aromatic N) is 2. The lowest BCUT2D eigenvalue weighted by atomic mass is 10.0. The molecular weight excluding hydrogens is 338 g/mol. The fraction of sp³-hybridized carbons (Fsp3) is 0.632. The van der Waals surface area contributed by atoms with Gasteiger partial charge in [0.25, 0.3) is 5.91 Å². The van der Waals surface area contributed by atoms with Crippen molar-refractivity contribution in [3.8, 4) is 5.75 Å². The van der Waals surface area contributed by atoms with Gasteiger partial charge in [-0.2, -0.15) is 0 Å². The number of benzene rings is 1. The van der Waals surface area contributed by atoms with Crippen LogP contribution in [0.5, 0.6) is 5.75 Å². The SMILES string of the molecule is Cc1cc2c(cc1C)OC(C(=O)N1CCC(N3CCNCC3)C1)C2.Cl. The maximum atomic E-state index is 12.9. The smallest absolute Gasteiger partial charge is 0.264 e. The van der Waals surface area contributed by atoms with Gasteiger partial charge >= 0.3 is 0 Å². The zero-order chi connectivity index (χ0) is 16.7. The van der Waals surface area contributed by atoms with E-state index in [0.717, 1.165) is 51.4 Å². The summed E-state index contributed by atoms with van der Waals surface area (Å²) in [6, 6.07) is 4.76. The minimum absolute atomic E-state index is 0. The number of amides is 1. The second-order valence-electron chi connectivity index (χ2n) is 7.37. The predicted octanol–water partition coefficient (Wildman–Crippen LogP) is 1.53. The first kappa shape index (κ1) is 18.5. The molecular formula is C19H28ClN3O2. The van der Waals surface area contributed by atoms with Crippen LogP contribution in [0.25, 0.3) is 0 Å².